The second-order valence-electron chi connectivity index (χ2n) is 8.24. The van der Waals surface area contributed by atoms with E-state index in [0.717, 1.165) is 24.9 Å². The van der Waals surface area contributed by atoms with Crippen LogP contribution < -0.4 is 4.90 Å². The molecular weight excluding hydrogens is 406 g/mol. The SMILES string of the molecule is Cc1cccc(N2CCN(S(=O)(=O)CC(=O)N3CCCCC3C3OCCO3)CC2)c1. The van der Waals surface area contributed by atoms with E-state index >= 15 is 0 Å². The summed E-state index contributed by atoms with van der Waals surface area (Å²) < 4.78 is 38.6. The molecule has 0 saturated carbocycles. The molecule has 3 fully saturated rings. The van der Waals surface area contributed by atoms with Crippen LogP contribution in [0.2, 0.25) is 0 Å². The van der Waals surface area contributed by atoms with E-state index in [9.17, 15) is 13.2 Å². The summed E-state index contributed by atoms with van der Waals surface area (Å²) in [6.07, 6.45) is 2.22. The van der Waals surface area contributed by atoms with Gasteiger partial charge in [0.05, 0.1) is 19.3 Å². The van der Waals surface area contributed by atoms with Gasteiger partial charge in [0, 0.05) is 38.4 Å². The monoisotopic (exact) mass is 437 g/mol. The average molecular weight is 438 g/mol. The Hall–Kier alpha value is -1.68. The standard InChI is InChI=1S/C21H31N3O5S/c1-17-5-4-6-18(15-17)22-9-11-23(12-10-22)30(26,27)16-20(25)24-8-3-2-7-19(24)21-28-13-14-29-21/h4-6,15,19,21H,2-3,7-14,16H2,1H3. The molecule has 8 nitrogen and oxygen atoms in total. The molecule has 0 spiro atoms. The summed E-state index contributed by atoms with van der Waals surface area (Å²) in [5.41, 5.74) is 2.29. The second-order valence-corrected chi connectivity index (χ2v) is 10.2. The Labute approximate surface area is 178 Å². The van der Waals surface area contributed by atoms with Crippen molar-refractivity contribution in [2.75, 3.05) is 56.6 Å². The van der Waals surface area contributed by atoms with Crippen LogP contribution in [0.4, 0.5) is 5.69 Å². The van der Waals surface area contributed by atoms with E-state index in [1.165, 1.54) is 9.87 Å². The quantitative estimate of drug-likeness (QED) is 0.689. The van der Waals surface area contributed by atoms with E-state index in [-0.39, 0.29) is 11.9 Å². The first-order valence-corrected chi connectivity index (χ1v) is 12.4. The van der Waals surface area contributed by atoms with Crippen molar-refractivity contribution in [3.63, 3.8) is 0 Å². The predicted octanol–water partition coefficient (Wildman–Crippen LogP) is 1.20. The Morgan fingerprint density at radius 1 is 1.07 bits per heavy atom. The van der Waals surface area contributed by atoms with Crippen LogP contribution in [-0.2, 0) is 24.3 Å². The maximum absolute atomic E-state index is 13.0. The van der Waals surface area contributed by atoms with Gasteiger partial charge >= 0.3 is 0 Å². The van der Waals surface area contributed by atoms with Gasteiger partial charge in [-0.2, -0.15) is 4.31 Å². The van der Waals surface area contributed by atoms with Crippen LogP contribution in [0.1, 0.15) is 24.8 Å². The lowest BCUT2D eigenvalue weighted by molar-refractivity contribution is -0.148. The maximum atomic E-state index is 13.0. The Balaban J connectivity index is 1.36. The number of likely N-dealkylation sites (tertiary alicyclic amines) is 1. The summed E-state index contributed by atoms with van der Waals surface area (Å²) in [4.78, 5) is 16.8. The maximum Gasteiger partial charge on any atom is 0.239 e. The molecular formula is C21H31N3O5S. The molecule has 1 unspecified atom stereocenters. The van der Waals surface area contributed by atoms with Gasteiger partial charge in [-0.1, -0.05) is 12.1 Å². The molecule has 3 heterocycles. The van der Waals surface area contributed by atoms with Crippen molar-refractivity contribution in [3.8, 4) is 0 Å². The molecule has 0 aliphatic carbocycles. The van der Waals surface area contributed by atoms with Crippen molar-refractivity contribution in [2.24, 2.45) is 0 Å². The van der Waals surface area contributed by atoms with E-state index in [1.807, 2.05) is 25.1 Å². The van der Waals surface area contributed by atoms with E-state index < -0.39 is 22.1 Å². The number of carbonyl (C=O) groups excluding carboxylic acids is 1. The lowest BCUT2D eigenvalue weighted by Crippen LogP contribution is -2.54. The highest BCUT2D eigenvalue weighted by Gasteiger charge is 2.38. The molecule has 0 N–H and O–H groups in total. The van der Waals surface area contributed by atoms with Crippen molar-refractivity contribution in [1.29, 1.82) is 0 Å². The van der Waals surface area contributed by atoms with Gasteiger partial charge in [-0.3, -0.25) is 4.79 Å². The molecule has 3 aliphatic rings. The lowest BCUT2D eigenvalue weighted by Gasteiger charge is -2.39. The molecule has 3 aliphatic heterocycles. The number of aryl methyl sites for hydroxylation is 1. The zero-order chi connectivity index (χ0) is 21.1. The third-order valence-electron chi connectivity index (χ3n) is 6.14. The molecule has 1 atom stereocenters. The van der Waals surface area contributed by atoms with Crippen LogP contribution >= 0.6 is 0 Å². The topological polar surface area (TPSA) is 79.4 Å². The summed E-state index contributed by atoms with van der Waals surface area (Å²) in [6, 6.07) is 8.02. The number of piperazine rings is 1. The molecule has 166 valence electrons. The van der Waals surface area contributed by atoms with E-state index in [0.29, 0.717) is 45.9 Å². The number of anilines is 1. The number of amides is 1. The zero-order valence-electron chi connectivity index (χ0n) is 17.5. The summed E-state index contributed by atoms with van der Waals surface area (Å²) in [5, 5.41) is 0. The van der Waals surface area contributed by atoms with Gasteiger partial charge in [-0.25, -0.2) is 8.42 Å². The summed E-state index contributed by atoms with van der Waals surface area (Å²) in [5.74, 6) is -0.833. The molecule has 0 aromatic heterocycles. The minimum atomic E-state index is -3.66. The normalized spacial score (nSPS) is 24.4. The Bertz CT molecular complexity index is 848. The number of rotatable bonds is 5. The molecule has 4 rings (SSSR count). The fraction of sp³-hybridized carbons (Fsp3) is 0.667. The first-order valence-electron chi connectivity index (χ1n) is 10.8. The molecule has 0 radical (unpaired) electrons. The Morgan fingerprint density at radius 2 is 1.80 bits per heavy atom. The van der Waals surface area contributed by atoms with Crippen molar-refractivity contribution >= 4 is 21.6 Å². The third-order valence-corrected chi connectivity index (χ3v) is 7.90. The van der Waals surface area contributed by atoms with E-state index in [4.69, 9.17) is 9.47 Å². The van der Waals surface area contributed by atoms with Crippen LogP contribution in [-0.4, -0.2) is 87.6 Å². The van der Waals surface area contributed by atoms with Gasteiger partial charge in [0.2, 0.25) is 15.9 Å². The zero-order valence-corrected chi connectivity index (χ0v) is 18.3. The van der Waals surface area contributed by atoms with E-state index in [1.54, 1.807) is 4.90 Å². The predicted molar refractivity (Wildman–Crippen MR) is 114 cm³/mol. The summed E-state index contributed by atoms with van der Waals surface area (Å²) in [7, 11) is -3.66. The fourth-order valence-electron chi connectivity index (χ4n) is 4.53. The minimum absolute atomic E-state index is 0.192. The van der Waals surface area contributed by atoms with Crippen LogP contribution in [0, 0.1) is 6.92 Å². The second kappa shape index (κ2) is 9.21. The highest BCUT2D eigenvalue weighted by Crippen LogP contribution is 2.25. The van der Waals surface area contributed by atoms with Crippen molar-refractivity contribution in [2.45, 2.75) is 38.5 Å². The molecule has 9 heteroatoms. The van der Waals surface area contributed by atoms with Gasteiger partial charge in [-0.05, 0) is 43.9 Å². The fourth-order valence-corrected chi connectivity index (χ4v) is 5.91. The molecule has 30 heavy (non-hydrogen) atoms. The largest absolute Gasteiger partial charge is 0.369 e. The summed E-state index contributed by atoms with van der Waals surface area (Å²) >= 11 is 0. The number of nitrogens with zero attached hydrogens (tertiary/aromatic N) is 3. The van der Waals surface area contributed by atoms with Crippen LogP contribution in [0.25, 0.3) is 0 Å². The lowest BCUT2D eigenvalue weighted by atomic mass is 10.0. The smallest absolute Gasteiger partial charge is 0.239 e. The van der Waals surface area contributed by atoms with Gasteiger partial charge in [0.25, 0.3) is 0 Å². The average Bonchev–Trinajstić information content (AvgIpc) is 3.28. The molecule has 1 aromatic rings. The van der Waals surface area contributed by atoms with Crippen molar-refractivity contribution in [3.05, 3.63) is 29.8 Å². The Morgan fingerprint density at radius 3 is 2.50 bits per heavy atom. The first kappa shape index (κ1) is 21.5. The van der Waals surface area contributed by atoms with E-state index in [2.05, 4.69) is 11.0 Å². The number of piperidine rings is 1. The Kier molecular flexibility index (Phi) is 6.62. The van der Waals surface area contributed by atoms with Crippen LogP contribution in [0.5, 0.6) is 0 Å². The summed E-state index contributed by atoms with van der Waals surface area (Å²) in [6.45, 7) is 5.66. The van der Waals surface area contributed by atoms with Crippen molar-refractivity contribution < 1.29 is 22.7 Å². The number of hydrogen-bond donors (Lipinski definition) is 0. The number of sulfonamides is 1. The number of benzene rings is 1. The third kappa shape index (κ3) is 4.80. The highest BCUT2D eigenvalue weighted by molar-refractivity contribution is 7.89. The first-order chi connectivity index (χ1) is 14.4. The van der Waals surface area contributed by atoms with Crippen molar-refractivity contribution in [1.82, 2.24) is 9.21 Å². The highest BCUT2D eigenvalue weighted by atomic mass is 32.2. The van der Waals surface area contributed by atoms with Crippen LogP contribution in [0.15, 0.2) is 24.3 Å². The van der Waals surface area contributed by atoms with Gasteiger partial charge in [0.1, 0.15) is 5.75 Å². The molecule has 1 amide bonds. The van der Waals surface area contributed by atoms with Gasteiger partial charge < -0.3 is 19.3 Å². The number of ether oxygens (including phenoxy) is 2. The minimum Gasteiger partial charge on any atom is -0.369 e. The number of hydrogen-bond acceptors (Lipinski definition) is 6. The van der Waals surface area contributed by atoms with Gasteiger partial charge in [0.15, 0.2) is 6.29 Å². The van der Waals surface area contributed by atoms with Gasteiger partial charge in [-0.15, -0.1) is 0 Å². The number of carbonyl (C=O) groups is 1. The molecule has 1 aromatic carbocycles. The van der Waals surface area contributed by atoms with Crippen LogP contribution in [0.3, 0.4) is 0 Å². The molecule has 0 bridgehead atoms. The molecule has 3 saturated heterocycles.